The third-order valence-corrected chi connectivity index (χ3v) is 9.69. The maximum atomic E-state index is 11.1. The van der Waals surface area contributed by atoms with Crippen LogP contribution in [0, 0.1) is 40.4 Å². The van der Waals surface area contributed by atoms with Gasteiger partial charge in [-0.05, 0) is 84.2 Å². The van der Waals surface area contributed by atoms with Gasteiger partial charge in [-0.15, -0.1) is 0 Å². The second-order valence-corrected chi connectivity index (χ2v) is 11.9. The zero-order chi connectivity index (χ0) is 21.0. The molecule has 164 valence electrons. The molecular formula is C27H44O2. The minimum Gasteiger partial charge on any atom is -0.393 e. The lowest BCUT2D eigenvalue weighted by Gasteiger charge is -2.54. The normalized spacial score (nSPS) is 45.2. The summed E-state index contributed by atoms with van der Waals surface area (Å²) in [6.45, 7) is 12.1. The predicted molar refractivity (Wildman–Crippen MR) is 120 cm³/mol. The van der Waals surface area contributed by atoms with Crippen molar-refractivity contribution >= 4 is 0 Å². The lowest BCUT2D eigenvalue weighted by Crippen LogP contribution is -2.49. The van der Waals surface area contributed by atoms with Gasteiger partial charge in [0, 0.05) is 5.92 Å². The summed E-state index contributed by atoms with van der Waals surface area (Å²) in [6, 6.07) is 0. The Bertz CT molecular complexity index is 676. The van der Waals surface area contributed by atoms with Crippen molar-refractivity contribution in [2.24, 2.45) is 40.4 Å². The van der Waals surface area contributed by atoms with E-state index in [1.165, 1.54) is 49.7 Å². The number of hydrogen-bond acceptors (Lipinski definition) is 2. The van der Waals surface area contributed by atoms with Gasteiger partial charge in [0.05, 0.1) is 12.2 Å². The second kappa shape index (κ2) is 7.83. The van der Waals surface area contributed by atoms with Crippen LogP contribution in [0.25, 0.3) is 0 Å². The third-order valence-electron chi connectivity index (χ3n) is 9.69. The van der Waals surface area contributed by atoms with Crippen molar-refractivity contribution in [1.29, 1.82) is 0 Å². The van der Waals surface area contributed by atoms with Crippen molar-refractivity contribution in [1.82, 2.24) is 0 Å². The van der Waals surface area contributed by atoms with E-state index in [9.17, 15) is 10.2 Å². The summed E-state index contributed by atoms with van der Waals surface area (Å²) in [6.07, 6.45) is 14.7. The largest absolute Gasteiger partial charge is 0.393 e. The van der Waals surface area contributed by atoms with Crippen LogP contribution in [0.4, 0.5) is 0 Å². The van der Waals surface area contributed by atoms with Gasteiger partial charge in [0.25, 0.3) is 0 Å². The van der Waals surface area contributed by atoms with Crippen LogP contribution >= 0.6 is 0 Å². The summed E-state index contributed by atoms with van der Waals surface area (Å²) in [5.41, 5.74) is 3.42. The first-order valence-electron chi connectivity index (χ1n) is 12.5. The standard InChI is InChI=1S/C27H44O2/c1-17(2)7-6-8-18(3)21-9-10-22-20-16-25(29)24-15-19(28)11-13-27(24,5)23(20)12-14-26(21,22)4/h12,16-19,21-22,24-25,28-29H,6-11,13-15H2,1-5H3/t18-,19+,21-,22+,24?,25-,26-,27-/m1/s1. The smallest absolute Gasteiger partial charge is 0.0764 e. The van der Waals surface area contributed by atoms with E-state index in [2.05, 4.69) is 46.8 Å². The van der Waals surface area contributed by atoms with Crippen molar-refractivity contribution in [3.63, 3.8) is 0 Å². The Kier molecular flexibility index (Phi) is 5.84. The van der Waals surface area contributed by atoms with Crippen molar-refractivity contribution in [2.45, 2.75) is 105 Å². The molecule has 8 atom stereocenters. The lowest BCUT2D eigenvalue weighted by molar-refractivity contribution is -0.0235. The molecule has 0 aliphatic heterocycles. The van der Waals surface area contributed by atoms with Crippen LogP contribution in [0.2, 0.25) is 0 Å². The van der Waals surface area contributed by atoms with Crippen molar-refractivity contribution < 1.29 is 10.2 Å². The second-order valence-electron chi connectivity index (χ2n) is 11.9. The molecule has 0 heterocycles. The molecule has 2 N–H and O–H groups in total. The highest BCUT2D eigenvalue weighted by Crippen LogP contribution is 2.65. The molecule has 1 unspecified atom stereocenters. The fourth-order valence-electron chi connectivity index (χ4n) is 7.92. The van der Waals surface area contributed by atoms with E-state index in [4.69, 9.17) is 0 Å². The number of allylic oxidation sites excluding steroid dienone is 3. The van der Waals surface area contributed by atoms with Crippen LogP contribution in [0.5, 0.6) is 0 Å². The molecule has 0 aromatic rings. The number of aliphatic hydroxyl groups is 2. The Balaban J connectivity index is 1.58. The topological polar surface area (TPSA) is 40.5 Å². The van der Waals surface area contributed by atoms with Gasteiger partial charge in [-0.2, -0.15) is 0 Å². The molecule has 2 heteroatoms. The van der Waals surface area contributed by atoms with Crippen molar-refractivity contribution in [3.05, 3.63) is 23.3 Å². The molecule has 2 saturated carbocycles. The van der Waals surface area contributed by atoms with E-state index in [-0.39, 0.29) is 17.4 Å². The lowest BCUT2D eigenvalue weighted by atomic mass is 9.51. The molecule has 4 aliphatic rings. The van der Waals surface area contributed by atoms with Crippen LogP contribution in [-0.2, 0) is 0 Å². The first-order valence-corrected chi connectivity index (χ1v) is 12.5. The molecule has 0 saturated heterocycles. The van der Waals surface area contributed by atoms with E-state index in [0.717, 1.165) is 37.0 Å². The van der Waals surface area contributed by atoms with E-state index >= 15 is 0 Å². The van der Waals surface area contributed by atoms with E-state index < -0.39 is 6.10 Å². The number of hydrogen-bond donors (Lipinski definition) is 2. The molecule has 0 spiro atoms. The molecule has 0 aromatic heterocycles. The van der Waals surface area contributed by atoms with E-state index in [1.807, 2.05) is 0 Å². The summed E-state index contributed by atoms with van der Waals surface area (Å²) < 4.78 is 0. The van der Waals surface area contributed by atoms with Crippen molar-refractivity contribution in [3.8, 4) is 0 Å². The molecule has 0 radical (unpaired) electrons. The quantitative estimate of drug-likeness (QED) is 0.570. The van der Waals surface area contributed by atoms with E-state index in [1.54, 1.807) is 0 Å². The summed E-state index contributed by atoms with van der Waals surface area (Å²) in [5, 5.41) is 21.3. The zero-order valence-electron chi connectivity index (χ0n) is 19.5. The Morgan fingerprint density at radius 2 is 1.83 bits per heavy atom. The highest BCUT2D eigenvalue weighted by Gasteiger charge is 2.56. The Labute approximate surface area is 178 Å². The molecule has 2 fully saturated rings. The predicted octanol–water partition coefficient (Wildman–Crippen LogP) is 6.28. The zero-order valence-corrected chi connectivity index (χ0v) is 19.5. The SMILES string of the molecule is CC(C)CCC[C@@H](C)[C@H]1CC[C@H]2C3=C[C@@H](O)C4C[C@@H](O)CC[C@]4(C)C3=CC[C@]12C. The molecular weight excluding hydrogens is 356 g/mol. The highest BCUT2D eigenvalue weighted by molar-refractivity contribution is 5.47. The molecule has 0 amide bonds. The average molecular weight is 401 g/mol. The third kappa shape index (κ3) is 3.57. The maximum Gasteiger partial charge on any atom is 0.0764 e. The first kappa shape index (κ1) is 21.6. The van der Waals surface area contributed by atoms with Crippen LogP contribution in [0.15, 0.2) is 23.3 Å². The van der Waals surface area contributed by atoms with Crippen LogP contribution in [0.3, 0.4) is 0 Å². The highest BCUT2D eigenvalue weighted by atomic mass is 16.3. The van der Waals surface area contributed by atoms with Gasteiger partial charge in [-0.25, -0.2) is 0 Å². The van der Waals surface area contributed by atoms with E-state index in [0.29, 0.717) is 11.3 Å². The average Bonchev–Trinajstić information content (AvgIpc) is 3.00. The molecule has 4 aliphatic carbocycles. The fourth-order valence-corrected chi connectivity index (χ4v) is 7.92. The summed E-state index contributed by atoms with van der Waals surface area (Å²) in [7, 11) is 0. The van der Waals surface area contributed by atoms with Crippen LogP contribution in [0.1, 0.15) is 92.4 Å². The first-order chi connectivity index (χ1) is 13.7. The van der Waals surface area contributed by atoms with Crippen LogP contribution in [-0.4, -0.2) is 22.4 Å². The van der Waals surface area contributed by atoms with Crippen molar-refractivity contribution in [2.75, 3.05) is 0 Å². The van der Waals surface area contributed by atoms with Gasteiger partial charge in [-0.3, -0.25) is 0 Å². The van der Waals surface area contributed by atoms with Gasteiger partial charge in [0.2, 0.25) is 0 Å². The van der Waals surface area contributed by atoms with Crippen LogP contribution < -0.4 is 0 Å². The summed E-state index contributed by atoms with van der Waals surface area (Å²) in [5.74, 6) is 3.19. The Morgan fingerprint density at radius 3 is 2.55 bits per heavy atom. The number of rotatable bonds is 5. The summed E-state index contributed by atoms with van der Waals surface area (Å²) >= 11 is 0. The molecule has 2 nitrogen and oxygen atoms in total. The Hall–Kier alpha value is -0.600. The molecule has 0 bridgehead atoms. The molecule has 4 rings (SSSR count). The molecule has 29 heavy (non-hydrogen) atoms. The van der Waals surface area contributed by atoms with Gasteiger partial charge < -0.3 is 10.2 Å². The minimum absolute atomic E-state index is 0.0467. The van der Waals surface area contributed by atoms with Gasteiger partial charge in [-0.1, -0.05) is 66.0 Å². The maximum absolute atomic E-state index is 11.1. The monoisotopic (exact) mass is 400 g/mol. The van der Waals surface area contributed by atoms with Gasteiger partial charge >= 0.3 is 0 Å². The number of fused-ring (bicyclic) bond motifs is 5. The van der Waals surface area contributed by atoms with Gasteiger partial charge in [0.15, 0.2) is 0 Å². The molecule has 0 aromatic carbocycles. The Morgan fingerprint density at radius 1 is 1.07 bits per heavy atom. The van der Waals surface area contributed by atoms with Gasteiger partial charge in [0.1, 0.15) is 0 Å². The minimum atomic E-state index is -0.396. The fraction of sp³-hybridized carbons (Fsp3) is 0.852. The number of aliphatic hydroxyl groups excluding tert-OH is 2. The summed E-state index contributed by atoms with van der Waals surface area (Å²) in [4.78, 5) is 0.